The van der Waals surface area contributed by atoms with E-state index in [1.54, 1.807) is 7.11 Å². The van der Waals surface area contributed by atoms with E-state index in [4.69, 9.17) is 4.74 Å². The monoisotopic (exact) mass is 247 g/mol. The number of rotatable bonds is 5. The van der Waals surface area contributed by atoms with Crippen molar-refractivity contribution < 1.29 is 9.53 Å². The smallest absolute Gasteiger partial charge is 0.232 e. The van der Waals surface area contributed by atoms with E-state index in [1.165, 1.54) is 12.8 Å². The first-order valence-electron chi connectivity index (χ1n) is 6.65. The summed E-state index contributed by atoms with van der Waals surface area (Å²) in [7, 11) is 1.63. The Morgan fingerprint density at radius 2 is 2.22 bits per heavy atom. The topological polar surface area (TPSA) is 38.3 Å². The fourth-order valence-electron chi connectivity index (χ4n) is 2.74. The van der Waals surface area contributed by atoms with Crippen LogP contribution in [0.25, 0.3) is 0 Å². The zero-order chi connectivity index (χ0) is 13.1. The number of para-hydroxylation sites is 1. The maximum atomic E-state index is 12.1. The van der Waals surface area contributed by atoms with Gasteiger partial charge in [0, 0.05) is 0 Å². The first kappa shape index (κ1) is 12.9. The lowest BCUT2D eigenvalue weighted by atomic mass is 9.88. The molecule has 3 nitrogen and oxygen atoms in total. The molecule has 0 saturated carbocycles. The molecule has 1 aliphatic rings. The number of methoxy groups -OCH3 is 1. The molecule has 98 valence electrons. The van der Waals surface area contributed by atoms with Gasteiger partial charge in [-0.05, 0) is 24.0 Å². The molecule has 0 saturated heterocycles. The summed E-state index contributed by atoms with van der Waals surface area (Å²) in [6.07, 6.45) is 3.25. The van der Waals surface area contributed by atoms with E-state index < -0.39 is 0 Å². The van der Waals surface area contributed by atoms with Crippen molar-refractivity contribution >= 4 is 11.6 Å². The SMILES string of the molecule is CCCC(C)CC1C(=O)Nc2c(OC)cccc21. The largest absolute Gasteiger partial charge is 0.495 e. The molecule has 18 heavy (non-hydrogen) atoms. The second kappa shape index (κ2) is 5.42. The molecular formula is C15H21NO2. The molecule has 1 aromatic carbocycles. The van der Waals surface area contributed by atoms with Crippen molar-refractivity contribution in [2.75, 3.05) is 12.4 Å². The van der Waals surface area contributed by atoms with Crippen molar-refractivity contribution in [3.8, 4) is 5.75 Å². The second-order valence-electron chi connectivity index (χ2n) is 5.10. The minimum absolute atomic E-state index is 0.0170. The van der Waals surface area contributed by atoms with Crippen LogP contribution in [0.3, 0.4) is 0 Å². The van der Waals surface area contributed by atoms with Crippen LogP contribution in [0, 0.1) is 5.92 Å². The Balaban J connectivity index is 2.23. The van der Waals surface area contributed by atoms with Crippen molar-refractivity contribution in [1.82, 2.24) is 0 Å². The van der Waals surface area contributed by atoms with Gasteiger partial charge in [-0.2, -0.15) is 0 Å². The van der Waals surface area contributed by atoms with E-state index in [2.05, 4.69) is 19.2 Å². The molecule has 2 unspecified atom stereocenters. The molecule has 1 N–H and O–H groups in total. The first-order valence-corrected chi connectivity index (χ1v) is 6.65. The van der Waals surface area contributed by atoms with Crippen LogP contribution in [0.1, 0.15) is 44.6 Å². The van der Waals surface area contributed by atoms with E-state index >= 15 is 0 Å². The van der Waals surface area contributed by atoms with Crippen molar-refractivity contribution in [2.24, 2.45) is 5.92 Å². The third-order valence-electron chi connectivity index (χ3n) is 3.64. The second-order valence-corrected chi connectivity index (χ2v) is 5.10. The number of hydrogen-bond acceptors (Lipinski definition) is 2. The summed E-state index contributed by atoms with van der Waals surface area (Å²) in [5.41, 5.74) is 1.95. The van der Waals surface area contributed by atoms with Crippen molar-refractivity contribution in [1.29, 1.82) is 0 Å². The number of amides is 1. The molecular weight excluding hydrogens is 226 g/mol. The van der Waals surface area contributed by atoms with E-state index in [9.17, 15) is 4.79 Å². The molecule has 0 bridgehead atoms. The molecule has 2 rings (SSSR count). The number of carbonyl (C=O) groups excluding carboxylic acids is 1. The number of ether oxygens (including phenoxy) is 1. The highest BCUT2D eigenvalue weighted by Gasteiger charge is 2.33. The van der Waals surface area contributed by atoms with Crippen molar-refractivity contribution in [3.05, 3.63) is 23.8 Å². The number of benzene rings is 1. The summed E-state index contributed by atoms with van der Waals surface area (Å²) >= 11 is 0. The summed E-state index contributed by atoms with van der Waals surface area (Å²) in [6.45, 7) is 4.40. The van der Waals surface area contributed by atoms with Crippen LogP contribution in [0.2, 0.25) is 0 Å². The highest BCUT2D eigenvalue weighted by atomic mass is 16.5. The molecule has 1 aliphatic heterocycles. The minimum atomic E-state index is -0.0170. The Bertz CT molecular complexity index is 442. The molecule has 0 spiro atoms. The third kappa shape index (κ3) is 2.35. The summed E-state index contributed by atoms with van der Waals surface area (Å²) in [6, 6.07) is 5.87. The Kier molecular flexibility index (Phi) is 3.90. The quantitative estimate of drug-likeness (QED) is 0.864. The van der Waals surface area contributed by atoms with Gasteiger partial charge in [0.05, 0.1) is 18.7 Å². The van der Waals surface area contributed by atoms with Crippen LogP contribution in [-0.2, 0) is 4.79 Å². The Morgan fingerprint density at radius 3 is 2.89 bits per heavy atom. The fraction of sp³-hybridized carbons (Fsp3) is 0.533. The lowest BCUT2D eigenvalue weighted by Crippen LogP contribution is -2.14. The summed E-state index contributed by atoms with van der Waals surface area (Å²) in [5.74, 6) is 1.42. The molecule has 3 heteroatoms. The summed E-state index contributed by atoms with van der Waals surface area (Å²) < 4.78 is 5.29. The van der Waals surface area contributed by atoms with Crippen molar-refractivity contribution in [2.45, 2.75) is 39.0 Å². The average molecular weight is 247 g/mol. The maximum absolute atomic E-state index is 12.1. The molecule has 2 atom stereocenters. The minimum Gasteiger partial charge on any atom is -0.495 e. The van der Waals surface area contributed by atoms with Gasteiger partial charge in [-0.3, -0.25) is 4.79 Å². The first-order chi connectivity index (χ1) is 8.67. The van der Waals surface area contributed by atoms with Crippen LogP contribution in [0.5, 0.6) is 5.75 Å². The van der Waals surface area contributed by atoms with E-state index in [-0.39, 0.29) is 11.8 Å². The average Bonchev–Trinajstić information content (AvgIpc) is 2.66. The van der Waals surface area contributed by atoms with Crippen LogP contribution in [0.15, 0.2) is 18.2 Å². The Morgan fingerprint density at radius 1 is 1.44 bits per heavy atom. The molecule has 0 aliphatic carbocycles. The van der Waals surface area contributed by atoms with Gasteiger partial charge < -0.3 is 10.1 Å². The molecule has 0 fully saturated rings. The molecule has 1 heterocycles. The predicted molar refractivity (Wildman–Crippen MR) is 73.1 cm³/mol. The number of nitrogens with one attached hydrogen (secondary N) is 1. The van der Waals surface area contributed by atoms with Gasteiger partial charge in [-0.15, -0.1) is 0 Å². The van der Waals surface area contributed by atoms with Gasteiger partial charge >= 0.3 is 0 Å². The zero-order valence-corrected chi connectivity index (χ0v) is 11.3. The number of hydrogen-bond donors (Lipinski definition) is 1. The van der Waals surface area contributed by atoms with E-state index in [0.717, 1.165) is 23.4 Å². The number of carbonyl (C=O) groups is 1. The molecule has 1 aromatic rings. The van der Waals surface area contributed by atoms with Gasteiger partial charge in [0.25, 0.3) is 0 Å². The van der Waals surface area contributed by atoms with Gasteiger partial charge in [-0.25, -0.2) is 0 Å². The summed E-state index contributed by atoms with van der Waals surface area (Å²) in [4.78, 5) is 12.1. The zero-order valence-electron chi connectivity index (χ0n) is 11.3. The third-order valence-corrected chi connectivity index (χ3v) is 3.64. The van der Waals surface area contributed by atoms with Crippen LogP contribution < -0.4 is 10.1 Å². The lowest BCUT2D eigenvalue weighted by Gasteiger charge is -2.14. The Hall–Kier alpha value is -1.51. The number of anilines is 1. The van der Waals surface area contributed by atoms with E-state index in [0.29, 0.717) is 5.92 Å². The number of fused-ring (bicyclic) bond motifs is 1. The Labute approximate surface area is 109 Å². The molecule has 0 radical (unpaired) electrons. The standard InChI is InChI=1S/C15H21NO2/c1-4-6-10(2)9-12-11-7-5-8-13(18-3)14(11)16-15(12)17/h5,7-8,10,12H,4,6,9H2,1-3H3,(H,16,17). The lowest BCUT2D eigenvalue weighted by molar-refractivity contribution is -0.117. The van der Waals surface area contributed by atoms with Gasteiger partial charge in [0.2, 0.25) is 5.91 Å². The van der Waals surface area contributed by atoms with Crippen LogP contribution >= 0.6 is 0 Å². The van der Waals surface area contributed by atoms with Crippen molar-refractivity contribution in [3.63, 3.8) is 0 Å². The molecule has 1 amide bonds. The molecule has 0 aromatic heterocycles. The van der Waals surface area contributed by atoms with Crippen LogP contribution in [-0.4, -0.2) is 13.0 Å². The highest BCUT2D eigenvalue weighted by Crippen LogP contribution is 2.42. The van der Waals surface area contributed by atoms with Gasteiger partial charge in [-0.1, -0.05) is 38.8 Å². The maximum Gasteiger partial charge on any atom is 0.232 e. The normalized spacial score (nSPS) is 19.3. The van der Waals surface area contributed by atoms with Gasteiger partial charge in [0.1, 0.15) is 5.75 Å². The fourth-order valence-corrected chi connectivity index (χ4v) is 2.74. The highest BCUT2D eigenvalue weighted by molar-refractivity contribution is 6.04. The van der Waals surface area contributed by atoms with Crippen LogP contribution in [0.4, 0.5) is 5.69 Å². The predicted octanol–water partition coefficient (Wildman–Crippen LogP) is 3.56. The van der Waals surface area contributed by atoms with E-state index in [1.807, 2.05) is 18.2 Å². The summed E-state index contributed by atoms with van der Waals surface area (Å²) in [5, 5.41) is 2.95. The van der Waals surface area contributed by atoms with Gasteiger partial charge in [0.15, 0.2) is 0 Å².